The van der Waals surface area contributed by atoms with Crippen molar-refractivity contribution >= 4 is 29.3 Å². The summed E-state index contributed by atoms with van der Waals surface area (Å²) in [4.78, 5) is 25.4. The van der Waals surface area contributed by atoms with E-state index in [0.717, 1.165) is 15.8 Å². The van der Waals surface area contributed by atoms with Gasteiger partial charge in [-0.2, -0.15) is 0 Å². The topological polar surface area (TPSA) is 69.6 Å². The zero-order valence-corrected chi connectivity index (χ0v) is 11.2. The number of carbonyl (C=O) groups is 2. The van der Waals surface area contributed by atoms with Crippen molar-refractivity contribution < 1.29 is 14.7 Å². The van der Waals surface area contributed by atoms with E-state index in [4.69, 9.17) is 5.11 Å². The standard InChI is InChI=1S/C12H16N2O3S/c1-13-11(15)8-14(2)7-10-4-3-9(18-10)5-6-12(16)17/h3-6H,7-8H2,1-2H3,(H,13,15)(H,16,17). The van der Waals surface area contributed by atoms with E-state index in [0.29, 0.717) is 13.1 Å². The molecule has 0 bridgehead atoms. The third-order valence-corrected chi connectivity index (χ3v) is 3.23. The van der Waals surface area contributed by atoms with Crippen LogP contribution in [0.2, 0.25) is 0 Å². The zero-order chi connectivity index (χ0) is 13.5. The van der Waals surface area contributed by atoms with E-state index in [1.165, 1.54) is 11.3 Å². The van der Waals surface area contributed by atoms with Crippen LogP contribution in [-0.4, -0.2) is 42.5 Å². The van der Waals surface area contributed by atoms with Crippen molar-refractivity contribution in [2.75, 3.05) is 20.6 Å². The fraction of sp³-hybridized carbons (Fsp3) is 0.333. The van der Waals surface area contributed by atoms with Crippen LogP contribution < -0.4 is 5.32 Å². The molecule has 2 N–H and O–H groups in total. The summed E-state index contributed by atoms with van der Waals surface area (Å²) in [6.45, 7) is 1.01. The van der Waals surface area contributed by atoms with Crippen molar-refractivity contribution in [2.24, 2.45) is 0 Å². The van der Waals surface area contributed by atoms with Gasteiger partial charge in [0.05, 0.1) is 6.54 Å². The Hall–Kier alpha value is -1.66. The van der Waals surface area contributed by atoms with Gasteiger partial charge in [-0.25, -0.2) is 4.79 Å². The quantitative estimate of drug-likeness (QED) is 0.756. The Morgan fingerprint density at radius 3 is 2.83 bits per heavy atom. The summed E-state index contributed by atoms with van der Waals surface area (Å²) in [6.07, 6.45) is 2.68. The van der Waals surface area contributed by atoms with E-state index in [9.17, 15) is 9.59 Å². The minimum Gasteiger partial charge on any atom is -0.478 e. The molecule has 5 nitrogen and oxygen atoms in total. The van der Waals surface area contributed by atoms with Gasteiger partial charge >= 0.3 is 5.97 Å². The number of hydrogen-bond donors (Lipinski definition) is 2. The molecule has 0 atom stereocenters. The second kappa shape index (κ2) is 6.93. The lowest BCUT2D eigenvalue weighted by Crippen LogP contribution is -2.32. The molecule has 0 saturated heterocycles. The molecule has 98 valence electrons. The van der Waals surface area contributed by atoms with Gasteiger partial charge in [-0.05, 0) is 25.3 Å². The van der Waals surface area contributed by atoms with Crippen LogP contribution >= 0.6 is 11.3 Å². The van der Waals surface area contributed by atoms with Gasteiger partial charge in [-0.15, -0.1) is 11.3 Å². The van der Waals surface area contributed by atoms with E-state index in [1.807, 2.05) is 24.1 Å². The summed E-state index contributed by atoms with van der Waals surface area (Å²) in [6, 6.07) is 3.81. The Morgan fingerprint density at radius 1 is 1.50 bits per heavy atom. The Kier molecular flexibility index (Phi) is 5.54. The normalized spacial score (nSPS) is 11.1. The Balaban J connectivity index is 2.53. The fourth-order valence-corrected chi connectivity index (χ4v) is 2.36. The molecular weight excluding hydrogens is 252 g/mol. The first kappa shape index (κ1) is 14.4. The molecule has 0 spiro atoms. The van der Waals surface area contributed by atoms with Crippen molar-refractivity contribution in [2.45, 2.75) is 6.54 Å². The van der Waals surface area contributed by atoms with Crippen LogP contribution in [0.25, 0.3) is 6.08 Å². The monoisotopic (exact) mass is 268 g/mol. The largest absolute Gasteiger partial charge is 0.478 e. The molecular formula is C12H16N2O3S. The minimum atomic E-state index is -0.957. The van der Waals surface area contributed by atoms with Crippen LogP contribution in [0.1, 0.15) is 9.75 Å². The van der Waals surface area contributed by atoms with Gasteiger partial charge in [-0.3, -0.25) is 9.69 Å². The molecule has 1 aromatic heterocycles. The summed E-state index contributed by atoms with van der Waals surface area (Å²) in [5.41, 5.74) is 0. The van der Waals surface area contributed by atoms with Gasteiger partial charge in [0.1, 0.15) is 0 Å². The molecule has 6 heteroatoms. The van der Waals surface area contributed by atoms with Crippen LogP contribution in [0.15, 0.2) is 18.2 Å². The van der Waals surface area contributed by atoms with E-state index in [1.54, 1.807) is 13.1 Å². The molecule has 0 aromatic carbocycles. The van der Waals surface area contributed by atoms with Crippen molar-refractivity contribution in [3.63, 3.8) is 0 Å². The van der Waals surface area contributed by atoms with Gasteiger partial charge in [0.2, 0.25) is 5.91 Å². The fourth-order valence-electron chi connectivity index (χ4n) is 1.37. The number of nitrogens with one attached hydrogen (secondary N) is 1. The summed E-state index contributed by atoms with van der Waals surface area (Å²) >= 11 is 1.51. The van der Waals surface area contributed by atoms with E-state index in [-0.39, 0.29) is 5.91 Å². The molecule has 1 amide bonds. The van der Waals surface area contributed by atoms with Gasteiger partial charge in [-0.1, -0.05) is 0 Å². The second-order valence-corrected chi connectivity index (χ2v) is 5.02. The lowest BCUT2D eigenvalue weighted by Gasteiger charge is -2.13. The SMILES string of the molecule is CNC(=O)CN(C)Cc1ccc(C=CC(=O)O)s1. The van der Waals surface area contributed by atoms with Gasteiger partial charge < -0.3 is 10.4 Å². The molecule has 0 aliphatic heterocycles. The number of aliphatic carboxylic acids is 1. The summed E-state index contributed by atoms with van der Waals surface area (Å²) in [5, 5.41) is 11.1. The summed E-state index contributed by atoms with van der Waals surface area (Å²) in [5.74, 6) is -0.985. The van der Waals surface area contributed by atoms with Crippen molar-refractivity contribution in [3.8, 4) is 0 Å². The molecule has 1 heterocycles. The number of carbonyl (C=O) groups excluding carboxylic acids is 1. The maximum Gasteiger partial charge on any atom is 0.328 e. The van der Waals surface area contributed by atoms with Crippen LogP contribution in [0, 0.1) is 0 Å². The highest BCUT2D eigenvalue weighted by atomic mass is 32.1. The third-order valence-electron chi connectivity index (χ3n) is 2.19. The minimum absolute atomic E-state index is 0.0277. The predicted octanol–water partition coefficient (Wildman–Crippen LogP) is 1.02. The highest BCUT2D eigenvalue weighted by Crippen LogP contribution is 2.19. The second-order valence-electron chi connectivity index (χ2n) is 3.82. The van der Waals surface area contributed by atoms with Gasteiger partial charge in [0.25, 0.3) is 0 Å². The molecule has 0 saturated carbocycles. The highest BCUT2D eigenvalue weighted by molar-refractivity contribution is 7.12. The Labute approximate surface area is 110 Å². The summed E-state index contributed by atoms with van der Waals surface area (Å²) in [7, 11) is 3.47. The van der Waals surface area contributed by atoms with Gasteiger partial charge in [0.15, 0.2) is 0 Å². The maximum absolute atomic E-state index is 11.2. The van der Waals surface area contributed by atoms with E-state index >= 15 is 0 Å². The average Bonchev–Trinajstić information content (AvgIpc) is 2.73. The molecule has 0 aliphatic carbocycles. The Morgan fingerprint density at radius 2 is 2.22 bits per heavy atom. The Bertz CT molecular complexity index is 454. The van der Waals surface area contributed by atoms with E-state index in [2.05, 4.69) is 5.32 Å². The molecule has 0 aliphatic rings. The van der Waals surface area contributed by atoms with Crippen LogP contribution in [0.5, 0.6) is 0 Å². The summed E-state index contributed by atoms with van der Waals surface area (Å²) < 4.78 is 0. The first-order valence-corrected chi connectivity index (χ1v) is 6.21. The van der Waals surface area contributed by atoms with E-state index < -0.39 is 5.97 Å². The first-order valence-electron chi connectivity index (χ1n) is 5.40. The number of amides is 1. The maximum atomic E-state index is 11.2. The third kappa shape index (κ3) is 5.11. The van der Waals surface area contributed by atoms with Gasteiger partial charge in [0, 0.05) is 29.4 Å². The number of nitrogens with zero attached hydrogens (tertiary/aromatic N) is 1. The molecule has 18 heavy (non-hydrogen) atoms. The zero-order valence-electron chi connectivity index (χ0n) is 10.3. The number of hydrogen-bond acceptors (Lipinski definition) is 4. The number of carboxylic acid groups (broad SMARTS) is 1. The molecule has 0 fully saturated rings. The van der Waals surface area contributed by atoms with Crippen LogP contribution in [0.4, 0.5) is 0 Å². The predicted molar refractivity (Wildman–Crippen MR) is 71.4 cm³/mol. The number of likely N-dealkylation sites (N-methyl/N-ethyl adjacent to an activating group) is 2. The van der Waals surface area contributed by atoms with Crippen molar-refractivity contribution in [3.05, 3.63) is 28.0 Å². The molecule has 1 aromatic rings. The lowest BCUT2D eigenvalue weighted by molar-refractivity contribution is -0.131. The smallest absolute Gasteiger partial charge is 0.328 e. The molecule has 0 unspecified atom stereocenters. The van der Waals surface area contributed by atoms with Crippen LogP contribution in [-0.2, 0) is 16.1 Å². The molecule has 0 radical (unpaired) electrons. The molecule has 1 rings (SSSR count). The number of rotatable bonds is 6. The van der Waals surface area contributed by atoms with Crippen molar-refractivity contribution in [1.29, 1.82) is 0 Å². The first-order chi connectivity index (χ1) is 8.51. The number of carboxylic acids is 1. The lowest BCUT2D eigenvalue weighted by atomic mass is 10.3. The highest BCUT2D eigenvalue weighted by Gasteiger charge is 2.06. The average molecular weight is 268 g/mol. The van der Waals surface area contributed by atoms with Crippen LogP contribution in [0.3, 0.4) is 0 Å². The van der Waals surface area contributed by atoms with Crippen molar-refractivity contribution in [1.82, 2.24) is 10.2 Å². The number of thiophene rings is 1.